The van der Waals surface area contributed by atoms with Crippen molar-refractivity contribution in [3.63, 3.8) is 0 Å². The van der Waals surface area contributed by atoms with Gasteiger partial charge in [-0.25, -0.2) is 0 Å². The molecule has 1 aromatic heterocycles. The molecule has 19 heavy (non-hydrogen) atoms. The van der Waals surface area contributed by atoms with E-state index in [0.29, 0.717) is 12.5 Å². The number of nitrogens with zero attached hydrogens (tertiary/aromatic N) is 1. The van der Waals surface area contributed by atoms with Gasteiger partial charge in [-0.05, 0) is 25.7 Å². The van der Waals surface area contributed by atoms with Crippen molar-refractivity contribution in [2.75, 3.05) is 26.8 Å². The zero-order chi connectivity index (χ0) is 13.8. The molecule has 1 saturated heterocycles. The van der Waals surface area contributed by atoms with Crippen LogP contribution in [0.4, 0.5) is 0 Å². The fourth-order valence-corrected chi connectivity index (χ4v) is 2.35. The molecular formula is C14H20N2O3. The van der Waals surface area contributed by atoms with Gasteiger partial charge >= 0.3 is 0 Å². The third kappa shape index (κ3) is 3.44. The van der Waals surface area contributed by atoms with E-state index in [9.17, 15) is 9.59 Å². The summed E-state index contributed by atoms with van der Waals surface area (Å²) in [5, 5.41) is 0. The number of aromatic amines is 1. The fourth-order valence-electron chi connectivity index (χ4n) is 2.35. The van der Waals surface area contributed by atoms with Gasteiger partial charge in [0.05, 0.1) is 0 Å². The van der Waals surface area contributed by atoms with Crippen molar-refractivity contribution in [1.82, 2.24) is 9.88 Å². The molecule has 1 aliphatic heterocycles. The van der Waals surface area contributed by atoms with Crippen LogP contribution in [0.5, 0.6) is 0 Å². The molecule has 0 atom stereocenters. The first-order valence-corrected chi connectivity index (χ1v) is 6.60. The van der Waals surface area contributed by atoms with Gasteiger partial charge in [0.25, 0.3) is 5.91 Å². The van der Waals surface area contributed by atoms with E-state index in [-0.39, 0.29) is 16.9 Å². The molecule has 0 spiro atoms. The van der Waals surface area contributed by atoms with Crippen LogP contribution in [0.15, 0.2) is 17.1 Å². The minimum absolute atomic E-state index is 0.208. The van der Waals surface area contributed by atoms with E-state index in [1.807, 2.05) is 0 Å². The highest BCUT2D eigenvalue weighted by Gasteiger charge is 2.20. The van der Waals surface area contributed by atoms with Gasteiger partial charge in [0.15, 0.2) is 5.43 Å². The molecule has 1 amide bonds. The van der Waals surface area contributed by atoms with Crippen molar-refractivity contribution in [3.05, 3.63) is 33.7 Å². The maximum Gasteiger partial charge on any atom is 0.259 e. The van der Waals surface area contributed by atoms with Crippen molar-refractivity contribution in [2.45, 2.75) is 19.8 Å². The number of aromatic nitrogens is 1. The van der Waals surface area contributed by atoms with E-state index in [0.717, 1.165) is 31.7 Å². The molecular weight excluding hydrogens is 244 g/mol. The van der Waals surface area contributed by atoms with Crippen LogP contribution in [0.3, 0.4) is 0 Å². The Kier molecular flexibility index (Phi) is 4.37. The third-order valence-electron chi connectivity index (χ3n) is 3.51. The molecule has 2 rings (SSSR count). The molecule has 0 bridgehead atoms. The molecule has 1 aliphatic rings. The molecule has 104 valence electrons. The molecule has 1 aromatic rings. The van der Waals surface area contributed by atoms with Gasteiger partial charge < -0.3 is 14.6 Å². The monoisotopic (exact) mass is 264 g/mol. The van der Waals surface area contributed by atoms with Crippen molar-refractivity contribution in [2.24, 2.45) is 5.92 Å². The van der Waals surface area contributed by atoms with Crippen LogP contribution >= 0.6 is 0 Å². The van der Waals surface area contributed by atoms with Crippen LogP contribution in [-0.4, -0.2) is 42.6 Å². The number of ether oxygens (including phenoxy) is 1. The highest BCUT2D eigenvalue weighted by atomic mass is 16.5. The molecule has 5 nitrogen and oxygen atoms in total. The maximum atomic E-state index is 12.2. The van der Waals surface area contributed by atoms with Crippen LogP contribution in [-0.2, 0) is 4.74 Å². The number of nitrogens with one attached hydrogen (secondary N) is 1. The maximum absolute atomic E-state index is 12.2. The Balaban J connectivity index is 2.03. The molecule has 1 fully saturated rings. The highest BCUT2D eigenvalue weighted by Crippen LogP contribution is 2.16. The zero-order valence-electron chi connectivity index (χ0n) is 11.4. The molecule has 2 heterocycles. The zero-order valence-corrected chi connectivity index (χ0v) is 11.4. The number of pyridine rings is 1. The number of H-pyrrole nitrogens is 1. The normalized spacial score (nSPS) is 16.3. The minimum Gasteiger partial charge on any atom is -0.381 e. The number of aryl methyl sites for hydroxylation is 1. The summed E-state index contributed by atoms with van der Waals surface area (Å²) >= 11 is 0. The molecule has 0 aromatic carbocycles. The quantitative estimate of drug-likeness (QED) is 0.891. The lowest BCUT2D eigenvalue weighted by Crippen LogP contribution is -2.36. The summed E-state index contributed by atoms with van der Waals surface area (Å²) in [6, 6.07) is 1.45. The van der Waals surface area contributed by atoms with E-state index in [1.165, 1.54) is 12.3 Å². The summed E-state index contributed by atoms with van der Waals surface area (Å²) in [6.45, 7) is 3.99. The molecule has 0 saturated carbocycles. The summed E-state index contributed by atoms with van der Waals surface area (Å²) < 4.78 is 5.30. The Morgan fingerprint density at radius 3 is 2.79 bits per heavy atom. The Hall–Kier alpha value is -1.62. The summed E-state index contributed by atoms with van der Waals surface area (Å²) in [4.78, 5) is 28.6. The Morgan fingerprint density at radius 2 is 2.16 bits per heavy atom. The second-order valence-electron chi connectivity index (χ2n) is 5.14. The third-order valence-corrected chi connectivity index (χ3v) is 3.51. The van der Waals surface area contributed by atoms with Gasteiger partial charge in [0.1, 0.15) is 5.56 Å². The van der Waals surface area contributed by atoms with Crippen LogP contribution in [0.1, 0.15) is 28.9 Å². The van der Waals surface area contributed by atoms with Crippen molar-refractivity contribution in [1.29, 1.82) is 0 Å². The number of hydrogen-bond acceptors (Lipinski definition) is 3. The smallest absolute Gasteiger partial charge is 0.259 e. The molecule has 0 unspecified atom stereocenters. The molecule has 5 heteroatoms. The Morgan fingerprint density at radius 1 is 1.47 bits per heavy atom. The second kappa shape index (κ2) is 6.02. The average molecular weight is 264 g/mol. The standard InChI is InChI=1S/C14H20N2O3/c1-10-7-13(17)12(8-15-10)14(18)16(2)9-11-3-5-19-6-4-11/h7-8,11H,3-6,9H2,1-2H3,(H,15,17). The van der Waals surface area contributed by atoms with E-state index in [1.54, 1.807) is 18.9 Å². The van der Waals surface area contributed by atoms with Gasteiger partial charge in [-0.15, -0.1) is 0 Å². The summed E-state index contributed by atoms with van der Waals surface area (Å²) in [6.07, 6.45) is 3.45. The van der Waals surface area contributed by atoms with Crippen LogP contribution in [0.2, 0.25) is 0 Å². The predicted octanol–water partition coefficient (Wildman–Crippen LogP) is 1.18. The lowest BCUT2D eigenvalue weighted by atomic mass is 9.99. The average Bonchev–Trinajstić information content (AvgIpc) is 2.39. The number of amides is 1. The number of rotatable bonds is 3. The Bertz CT molecular complexity index is 504. The molecule has 0 radical (unpaired) electrons. The summed E-state index contributed by atoms with van der Waals surface area (Å²) in [7, 11) is 1.75. The summed E-state index contributed by atoms with van der Waals surface area (Å²) in [5.74, 6) is 0.250. The van der Waals surface area contributed by atoms with Crippen molar-refractivity contribution in [3.8, 4) is 0 Å². The first-order valence-electron chi connectivity index (χ1n) is 6.60. The predicted molar refractivity (Wildman–Crippen MR) is 72.3 cm³/mol. The fraction of sp³-hybridized carbons (Fsp3) is 0.571. The summed E-state index contributed by atoms with van der Waals surface area (Å²) in [5.41, 5.74) is 0.744. The highest BCUT2D eigenvalue weighted by molar-refractivity contribution is 5.93. The van der Waals surface area contributed by atoms with Crippen molar-refractivity contribution >= 4 is 5.91 Å². The first kappa shape index (κ1) is 13.8. The number of carbonyl (C=O) groups is 1. The first-order chi connectivity index (χ1) is 9.08. The van der Waals surface area contributed by atoms with Crippen LogP contribution < -0.4 is 5.43 Å². The van der Waals surface area contributed by atoms with E-state index in [4.69, 9.17) is 4.74 Å². The lowest BCUT2D eigenvalue weighted by molar-refractivity contribution is 0.0496. The van der Waals surface area contributed by atoms with Gasteiger partial charge in [-0.1, -0.05) is 0 Å². The van der Waals surface area contributed by atoms with Crippen LogP contribution in [0.25, 0.3) is 0 Å². The number of carbonyl (C=O) groups excluding carboxylic acids is 1. The molecule has 1 N–H and O–H groups in total. The largest absolute Gasteiger partial charge is 0.381 e. The number of hydrogen-bond donors (Lipinski definition) is 1. The van der Waals surface area contributed by atoms with E-state index >= 15 is 0 Å². The van der Waals surface area contributed by atoms with Crippen LogP contribution in [0, 0.1) is 12.8 Å². The van der Waals surface area contributed by atoms with Gasteiger partial charge in [-0.2, -0.15) is 0 Å². The Labute approximate surface area is 112 Å². The van der Waals surface area contributed by atoms with Gasteiger partial charge in [-0.3, -0.25) is 9.59 Å². The SMILES string of the molecule is Cc1cc(=O)c(C(=O)N(C)CC2CCOCC2)c[nH]1. The topological polar surface area (TPSA) is 62.4 Å². The second-order valence-corrected chi connectivity index (χ2v) is 5.14. The van der Waals surface area contributed by atoms with Gasteiger partial charge in [0, 0.05) is 44.8 Å². The van der Waals surface area contributed by atoms with Crippen molar-refractivity contribution < 1.29 is 9.53 Å². The lowest BCUT2D eigenvalue weighted by Gasteiger charge is -2.27. The minimum atomic E-state index is -0.222. The van der Waals surface area contributed by atoms with E-state index < -0.39 is 0 Å². The van der Waals surface area contributed by atoms with Gasteiger partial charge in [0.2, 0.25) is 0 Å². The molecule has 0 aliphatic carbocycles. The van der Waals surface area contributed by atoms with E-state index in [2.05, 4.69) is 4.98 Å².